The molecule has 0 fully saturated rings. The van der Waals surface area contributed by atoms with Gasteiger partial charge in [0, 0.05) is 10.7 Å². The van der Waals surface area contributed by atoms with Crippen LogP contribution in [0.5, 0.6) is 11.5 Å². The van der Waals surface area contributed by atoms with E-state index < -0.39 is 0 Å². The van der Waals surface area contributed by atoms with Crippen LogP contribution in [0, 0.1) is 6.92 Å². The third kappa shape index (κ3) is 2.33. The van der Waals surface area contributed by atoms with Crippen molar-refractivity contribution in [3.05, 3.63) is 46.7 Å². The van der Waals surface area contributed by atoms with Gasteiger partial charge in [0.05, 0.1) is 11.4 Å². The first kappa shape index (κ1) is 11.0. The van der Waals surface area contributed by atoms with E-state index in [9.17, 15) is 0 Å². The lowest BCUT2D eigenvalue weighted by atomic mass is 10.3. The minimum atomic E-state index is 0.595. The largest absolute Gasteiger partial charge is 0.453 e. The number of halogens is 1. The number of ether oxygens (including phenoxy) is 1. The quantitative estimate of drug-likeness (QED) is 0.855. The van der Waals surface area contributed by atoms with E-state index in [1.54, 1.807) is 12.3 Å². The zero-order valence-corrected chi connectivity index (χ0v) is 10.4. The van der Waals surface area contributed by atoms with E-state index in [-0.39, 0.29) is 0 Å². The first-order chi connectivity index (χ1) is 7.66. The van der Waals surface area contributed by atoms with Crippen LogP contribution >= 0.6 is 15.9 Å². The molecule has 0 aliphatic rings. The van der Waals surface area contributed by atoms with Crippen LogP contribution < -0.4 is 10.5 Å². The molecule has 4 heteroatoms. The molecule has 0 aliphatic carbocycles. The number of nitrogens with two attached hydrogens (primary N) is 1. The summed E-state index contributed by atoms with van der Waals surface area (Å²) in [6.45, 7) is 1.89. The number of aryl methyl sites for hydroxylation is 1. The summed E-state index contributed by atoms with van der Waals surface area (Å²) in [5, 5.41) is 0. The maximum absolute atomic E-state index is 5.84. The molecular weight excluding hydrogens is 268 g/mol. The Kier molecular flexibility index (Phi) is 3.10. The van der Waals surface area contributed by atoms with E-state index in [4.69, 9.17) is 10.5 Å². The fraction of sp³-hybridized carbons (Fsp3) is 0.0833. The summed E-state index contributed by atoms with van der Waals surface area (Å²) in [6.07, 6.45) is 1.73. The van der Waals surface area contributed by atoms with Gasteiger partial charge >= 0.3 is 0 Å². The molecule has 0 aliphatic heterocycles. The highest BCUT2D eigenvalue weighted by Gasteiger charge is 2.05. The lowest BCUT2D eigenvalue weighted by molar-refractivity contribution is 0.478. The summed E-state index contributed by atoms with van der Waals surface area (Å²) >= 11 is 3.35. The third-order valence-electron chi connectivity index (χ3n) is 2.15. The molecule has 1 aromatic heterocycles. The lowest BCUT2D eigenvalue weighted by Gasteiger charge is -2.09. The number of nitrogens with zero attached hydrogens (tertiary/aromatic N) is 1. The molecule has 0 amide bonds. The van der Waals surface area contributed by atoms with Crippen LogP contribution in [0.25, 0.3) is 0 Å². The first-order valence-corrected chi connectivity index (χ1v) is 5.60. The summed E-state index contributed by atoms with van der Waals surface area (Å²) < 4.78 is 6.62. The van der Waals surface area contributed by atoms with E-state index >= 15 is 0 Å². The second kappa shape index (κ2) is 4.53. The fourth-order valence-corrected chi connectivity index (χ4v) is 1.69. The number of hydrogen-bond acceptors (Lipinski definition) is 3. The Bertz CT molecular complexity index is 514. The van der Waals surface area contributed by atoms with Crippen molar-refractivity contribution in [1.82, 2.24) is 4.98 Å². The van der Waals surface area contributed by atoms with Gasteiger partial charge in [0.25, 0.3) is 0 Å². The van der Waals surface area contributed by atoms with Gasteiger partial charge in [0.2, 0.25) is 0 Å². The van der Waals surface area contributed by atoms with Crippen molar-refractivity contribution in [2.45, 2.75) is 6.92 Å². The number of anilines is 1. The number of nitrogen functional groups attached to an aromatic ring is 1. The monoisotopic (exact) mass is 278 g/mol. The predicted octanol–water partition coefficient (Wildman–Crippen LogP) is 3.53. The Labute approximate surface area is 102 Å². The number of aromatic nitrogens is 1. The standard InChI is InChI=1S/C12H11BrN2O/c1-8-11(3-2-6-15-8)16-12-5-4-9(13)7-10(12)14/h2-7H,14H2,1H3. The van der Waals surface area contributed by atoms with Gasteiger partial charge in [0.15, 0.2) is 0 Å². The van der Waals surface area contributed by atoms with Gasteiger partial charge < -0.3 is 10.5 Å². The third-order valence-corrected chi connectivity index (χ3v) is 2.64. The van der Waals surface area contributed by atoms with Crippen LogP contribution in [0.3, 0.4) is 0 Å². The van der Waals surface area contributed by atoms with E-state index in [0.29, 0.717) is 11.4 Å². The molecule has 2 rings (SSSR count). The molecule has 2 aromatic rings. The number of rotatable bonds is 2. The van der Waals surface area contributed by atoms with Crippen LogP contribution in [-0.4, -0.2) is 4.98 Å². The first-order valence-electron chi connectivity index (χ1n) is 4.81. The second-order valence-corrected chi connectivity index (χ2v) is 4.29. The van der Waals surface area contributed by atoms with Crippen LogP contribution in [-0.2, 0) is 0 Å². The molecule has 82 valence electrons. The summed E-state index contributed by atoms with van der Waals surface area (Å²) in [5.41, 5.74) is 7.28. The summed E-state index contributed by atoms with van der Waals surface area (Å²) in [6, 6.07) is 9.21. The van der Waals surface area contributed by atoms with Crippen LogP contribution in [0.15, 0.2) is 41.0 Å². The van der Waals surface area contributed by atoms with Gasteiger partial charge in [-0.25, -0.2) is 0 Å². The minimum Gasteiger partial charge on any atom is -0.453 e. The topological polar surface area (TPSA) is 48.1 Å². The van der Waals surface area contributed by atoms with Crippen molar-refractivity contribution >= 4 is 21.6 Å². The average molecular weight is 279 g/mol. The SMILES string of the molecule is Cc1ncccc1Oc1ccc(Br)cc1N. The van der Waals surface area contributed by atoms with Gasteiger partial charge in [-0.05, 0) is 37.3 Å². The average Bonchev–Trinajstić information content (AvgIpc) is 2.25. The highest BCUT2D eigenvalue weighted by atomic mass is 79.9. The van der Waals surface area contributed by atoms with Gasteiger partial charge in [-0.3, -0.25) is 4.98 Å². The summed E-state index contributed by atoms with van der Waals surface area (Å²) in [5.74, 6) is 1.36. The Balaban J connectivity index is 2.31. The van der Waals surface area contributed by atoms with Crippen molar-refractivity contribution in [1.29, 1.82) is 0 Å². The molecule has 1 aromatic carbocycles. The van der Waals surface area contributed by atoms with Gasteiger partial charge in [0.1, 0.15) is 11.5 Å². The number of hydrogen-bond donors (Lipinski definition) is 1. The van der Waals surface area contributed by atoms with Crippen molar-refractivity contribution in [3.63, 3.8) is 0 Å². The molecular formula is C12H11BrN2O. The molecule has 1 heterocycles. The Hall–Kier alpha value is -1.55. The molecule has 3 nitrogen and oxygen atoms in total. The van der Waals surface area contributed by atoms with Crippen molar-refractivity contribution in [2.24, 2.45) is 0 Å². The molecule has 0 saturated carbocycles. The smallest absolute Gasteiger partial charge is 0.150 e. The summed E-state index contributed by atoms with van der Waals surface area (Å²) in [4.78, 5) is 4.15. The summed E-state index contributed by atoms with van der Waals surface area (Å²) in [7, 11) is 0. The molecule has 0 atom stereocenters. The van der Waals surface area contributed by atoms with Crippen molar-refractivity contribution in [2.75, 3.05) is 5.73 Å². The molecule has 0 spiro atoms. The van der Waals surface area contributed by atoms with Crippen LogP contribution in [0.2, 0.25) is 0 Å². The Morgan fingerprint density at radius 1 is 1.25 bits per heavy atom. The van der Waals surface area contributed by atoms with Gasteiger partial charge in [-0.2, -0.15) is 0 Å². The highest BCUT2D eigenvalue weighted by Crippen LogP contribution is 2.30. The van der Waals surface area contributed by atoms with Crippen molar-refractivity contribution < 1.29 is 4.74 Å². The number of pyridine rings is 1. The van der Waals surface area contributed by atoms with E-state index in [1.165, 1.54) is 0 Å². The Morgan fingerprint density at radius 3 is 2.75 bits per heavy atom. The highest BCUT2D eigenvalue weighted by molar-refractivity contribution is 9.10. The zero-order valence-electron chi connectivity index (χ0n) is 8.77. The van der Waals surface area contributed by atoms with Gasteiger partial charge in [-0.15, -0.1) is 0 Å². The zero-order chi connectivity index (χ0) is 11.5. The Morgan fingerprint density at radius 2 is 2.06 bits per heavy atom. The molecule has 0 unspecified atom stereocenters. The van der Waals surface area contributed by atoms with E-state index in [1.807, 2.05) is 31.2 Å². The molecule has 0 saturated heterocycles. The van der Waals surface area contributed by atoms with Gasteiger partial charge in [-0.1, -0.05) is 15.9 Å². The molecule has 0 radical (unpaired) electrons. The van der Waals surface area contributed by atoms with Crippen molar-refractivity contribution in [3.8, 4) is 11.5 Å². The normalized spacial score (nSPS) is 10.1. The molecule has 0 bridgehead atoms. The fourth-order valence-electron chi connectivity index (χ4n) is 1.31. The van der Waals surface area contributed by atoms with E-state index in [0.717, 1.165) is 15.9 Å². The minimum absolute atomic E-state index is 0.595. The maximum Gasteiger partial charge on any atom is 0.150 e. The molecule has 16 heavy (non-hydrogen) atoms. The maximum atomic E-state index is 5.84. The van der Waals surface area contributed by atoms with Crippen LogP contribution in [0.4, 0.5) is 5.69 Å². The van der Waals surface area contributed by atoms with Crippen LogP contribution in [0.1, 0.15) is 5.69 Å². The number of benzene rings is 1. The van der Waals surface area contributed by atoms with E-state index in [2.05, 4.69) is 20.9 Å². The second-order valence-electron chi connectivity index (χ2n) is 3.37. The predicted molar refractivity (Wildman–Crippen MR) is 67.6 cm³/mol. The molecule has 2 N–H and O–H groups in total. The lowest BCUT2D eigenvalue weighted by Crippen LogP contribution is -1.94.